The van der Waals surface area contributed by atoms with Gasteiger partial charge in [0.2, 0.25) is 0 Å². The van der Waals surface area contributed by atoms with Gasteiger partial charge in [-0.1, -0.05) is 12.1 Å². The predicted molar refractivity (Wildman–Crippen MR) is 82.5 cm³/mol. The molecule has 1 rings (SSSR count). The van der Waals surface area contributed by atoms with E-state index in [1.165, 1.54) is 6.92 Å². The number of benzene rings is 1. The molecule has 1 aromatic rings. The van der Waals surface area contributed by atoms with Gasteiger partial charge in [0.25, 0.3) is 5.91 Å². The lowest BCUT2D eigenvalue weighted by atomic mass is 10.1. The molecule has 0 bridgehead atoms. The molecule has 0 aliphatic rings. The van der Waals surface area contributed by atoms with Crippen LogP contribution in [-0.4, -0.2) is 30.1 Å². The highest BCUT2D eigenvalue weighted by Gasteiger charge is 2.30. The summed E-state index contributed by atoms with van der Waals surface area (Å²) in [6.45, 7) is 4.69. The molecule has 0 aliphatic carbocycles. The fraction of sp³-hybridized carbons (Fsp3) is 0.438. The van der Waals surface area contributed by atoms with Crippen molar-refractivity contribution >= 4 is 17.9 Å². The zero-order chi connectivity index (χ0) is 19.2. The maximum Gasteiger partial charge on any atom is 0.416 e. The zero-order valence-electron chi connectivity index (χ0n) is 13.9. The number of carbonyl (C=O) groups excluding carboxylic acids is 3. The van der Waals surface area contributed by atoms with Crippen LogP contribution in [0.5, 0.6) is 0 Å². The van der Waals surface area contributed by atoms with Crippen LogP contribution >= 0.6 is 0 Å². The molecule has 0 saturated carbocycles. The smallest absolute Gasteiger partial charge is 0.416 e. The van der Waals surface area contributed by atoms with Gasteiger partial charge in [0.1, 0.15) is 0 Å². The highest BCUT2D eigenvalue weighted by molar-refractivity contribution is 5.97. The highest BCUT2D eigenvalue weighted by atomic mass is 19.4. The molecule has 1 aromatic carbocycles. The first kappa shape index (κ1) is 20.5. The number of carbonyl (C=O) groups is 3. The minimum absolute atomic E-state index is 0.176. The first-order chi connectivity index (χ1) is 11.5. The van der Waals surface area contributed by atoms with E-state index >= 15 is 0 Å². The van der Waals surface area contributed by atoms with Gasteiger partial charge in [0.05, 0.1) is 12.0 Å². The molecule has 0 spiro atoms. The number of nitrogens with one attached hydrogen (secondary N) is 2. The highest BCUT2D eigenvalue weighted by Crippen LogP contribution is 2.29. The van der Waals surface area contributed by atoms with Crippen molar-refractivity contribution in [1.82, 2.24) is 10.6 Å². The Morgan fingerprint density at radius 1 is 1.08 bits per heavy atom. The number of hydrogen-bond acceptors (Lipinski definition) is 4. The second-order valence-corrected chi connectivity index (χ2v) is 5.62. The Bertz CT molecular complexity index is 627. The summed E-state index contributed by atoms with van der Waals surface area (Å²) in [6.07, 6.45) is -5.98. The molecule has 1 atom stereocenters. The number of hydrogen-bond donors (Lipinski definition) is 2. The molecule has 0 radical (unpaired) electrons. The maximum absolute atomic E-state index is 12.5. The van der Waals surface area contributed by atoms with Crippen LogP contribution in [0.1, 0.15) is 31.9 Å². The summed E-state index contributed by atoms with van der Waals surface area (Å²) in [5, 5.41) is 4.45. The summed E-state index contributed by atoms with van der Waals surface area (Å²) in [6, 6.07) is 3.13. The van der Waals surface area contributed by atoms with Crippen LogP contribution < -0.4 is 10.6 Å². The molecule has 9 heteroatoms. The number of halogens is 3. The van der Waals surface area contributed by atoms with Crippen LogP contribution in [0.3, 0.4) is 0 Å². The monoisotopic (exact) mass is 360 g/mol. The van der Waals surface area contributed by atoms with Crippen molar-refractivity contribution in [2.45, 2.75) is 45.5 Å². The van der Waals surface area contributed by atoms with Crippen LogP contribution in [0.25, 0.3) is 0 Å². The third-order valence-corrected chi connectivity index (χ3v) is 2.96. The molecular formula is C16H19F3N2O4. The van der Waals surface area contributed by atoms with Crippen molar-refractivity contribution in [2.24, 2.45) is 0 Å². The van der Waals surface area contributed by atoms with E-state index < -0.39 is 35.8 Å². The van der Waals surface area contributed by atoms with Crippen LogP contribution in [0, 0.1) is 0 Å². The van der Waals surface area contributed by atoms with Crippen molar-refractivity contribution in [3.8, 4) is 0 Å². The standard InChI is InChI=1S/C16H19F3N2O4/c1-9(2)20-15(24)21-14(23)10(3)25-13(22)8-11-4-6-12(7-5-11)16(17,18)19/h4-7,9-10H,8H2,1-3H3,(H2,20,21,23,24). The van der Waals surface area contributed by atoms with Crippen LogP contribution in [0.15, 0.2) is 24.3 Å². The van der Waals surface area contributed by atoms with Crippen molar-refractivity contribution in [2.75, 3.05) is 0 Å². The quantitative estimate of drug-likeness (QED) is 0.790. The number of rotatable bonds is 5. The van der Waals surface area contributed by atoms with E-state index in [1.54, 1.807) is 13.8 Å². The van der Waals surface area contributed by atoms with Gasteiger partial charge >= 0.3 is 18.2 Å². The fourth-order valence-corrected chi connectivity index (χ4v) is 1.78. The van der Waals surface area contributed by atoms with E-state index in [0.29, 0.717) is 5.56 Å². The number of amides is 3. The fourth-order valence-electron chi connectivity index (χ4n) is 1.78. The van der Waals surface area contributed by atoms with Gasteiger partial charge in [-0.15, -0.1) is 0 Å². The Kier molecular flexibility index (Phi) is 6.96. The Balaban J connectivity index is 2.53. The Morgan fingerprint density at radius 2 is 1.64 bits per heavy atom. The first-order valence-corrected chi connectivity index (χ1v) is 7.46. The molecule has 0 saturated heterocycles. The van der Waals surface area contributed by atoms with Crippen molar-refractivity contribution < 1.29 is 32.3 Å². The lowest BCUT2D eigenvalue weighted by Crippen LogP contribution is -2.46. The van der Waals surface area contributed by atoms with Gasteiger partial charge in [0, 0.05) is 6.04 Å². The number of esters is 1. The minimum Gasteiger partial charge on any atom is -0.452 e. The Morgan fingerprint density at radius 3 is 2.12 bits per heavy atom. The summed E-state index contributed by atoms with van der Waals surface area (Å²) >= 11 is 0. The SMILES string of the molecule is CC(C)NC(=O)NC(=O)C(C)OC(=O)Cc1ccc(C(F)(F)F)cc1. The van der Waals surface area contributed by atoms with Crippen molar-refractivity contribution in [1.29, 1.82) is 0 Å². The van der Waals surface area contributed by atoms with Crippen LogP contribution in [0.4, 0.5) is 18.0 Å². The van der Waals surface area contributed by atoms with E-state index in [4.69, 9.17) is 4.74 Å². The number of urea groups is 1. The zero-order valence-corrected chi connectivity index (χ0v) is 13.9. The molecule has 0 aliphatic heterocycles. The van der Waals surface area contributed by atoms with E-state index in [2.05, 4.69) is 5.32 Å². The van der Waals surface area contributed by atoms with Crippen LogP contribution in [-0.2, 0) is 26.9 Å². The molecule has 138 valence electrons. The molecule has 1 unspecified atom stereocenters. The number of alkyl halides is 3. The molecule has 6 nitrogen and oxygen atoms in total. The van der Waals surface area contributed by atoms with Gasteiger partial charge in [-0.25, -0.2) is 4.79 Å². The van der Waals surface area contributed by atoms with Crippen LogP contribution in [0.2, 0.25) is 0 Å². The van der Waals surface area contributed by atoms with E-state index in [9.17, 15) is 27.6 Å². The lowest BCUT2D eigenvalue weighted by molar-refractivity contribution is -0.153. The molecule has 25 heavy (non-hydrogen) atoms. The first-order valence-electron chi connectivity index (χ1n) is 7.46. The lowest BCUT2D eigenvalue weighted by Gasteiger charge is -2.14. The summed E-state index contributed by atoms with van der Waals surface area (Å²) in [4.78, 5) is 34.8. The molecule has 3 amide bonds. The number of ether oxygens (including phenoxy) is 1. The topological polar surface area (TPSA) is 84.5 Å². The maximum atomic E-state index is 12.5. The van der Waals surface area contributed by atoms with Gasteiger partial charge in [-0.3, -0.25) is 14.9 Å². The predicted octanol–water partition coefficient (Wildman–Crippen LogP) is 2.41. The second-order valence-electron chi connectivity index (χ2n) is 5.62. The molecule has 0 fully saturated rings. The average molecular weight is 360 g/mol. The third kappa shape index (κ3) is 7.23. The second kappa shape index (κ2) is 8.50. The van der Waals surface area contributed by atoms with Crippen molar-refractivity contribution in [3.63, 3.8) is 0 Å². The van der Waals surface area contributed by atoms with Gasteiger partial charge < -0.3 is 10.1 Å². The molecule has 2 N–H and O–H groups in total. The molecule has 0 aromatic heterocycles. The average Bonchev–Trinajstić information content (AvgIpc) is 2.45. The van der Waals surface area contributed by atoms with Gasteiger partial charge in [-0.2, -0.15) is 13.2 Å². The van der Waals surface area contributed by atoms with E-state index in [1.807, 2.05) is 5.32 Å². The van der Waals surface area contributed by atoms with Crippen molar-refractivity contribution in [3.05, 3.63) is 35.4 Å². The third-order valence-electron chi connectivity index (χ3n) is 2.96. The minimum atomic E-state index is -4.46. The molecule has 0 heterocycles. The van der Waals surface area contributed by atoms with E-state index in [-0.39, 0.29) is 12.5 Å². The number of imide groups is 1. The summed E-state index contributed by atoms with van der Waals surface area (Å²) in [5.74, 6) is -1.61. The van der Waals surface area contributed by atoms with Gasteiger partial charge in [0.15, 0.2) is 6.10 Å². The normalized spacial score (nSPS) is 12.4. The van der Waals surface area contributed by atoms with E-state index in [0.717, 1.165) is 24.3 Å². The Labute approximate surface area is 142 Å². The summed E-state index contributed by atoms with van der Waals surface area (Å²) in [7, 11) is 0. The summed E-state index contributed by atoms with van der Waals surface area (Å²) in [5.41, 5.74) is -0.517. The molecular weight excluding hydrogens is 341 g/mol. The largest absolute Gasteiger partial charge is 0.452 e. The Hall–Kier alpha value is -2.58. The summed E-state index contributed by atoms with van der Waals surface area (Å²) < 4.78 is 42.2. The van der Waals surface area contributed by atoms with Gasteiger partial charge in [-0.05, 0) is 38.5 Å².